The highest BCUT2D eigenvalue weighted by Crippen LogP contribution is 2.39. The molecule has 0 bridgehead atoms. The van der Waals surface area contributed by atoms with Crippen LogP contribution in [0.25, 0.3) is 0 Å². The molecule has 0 spiro atoms. The van der Waals surface area contributed by atoms with E-state index in [1.807, 2.05) is 0 Å². The van der Waals surface area contributed by atoms with Crippen molar-refractivity contribution in [1.29, 1.82) is 0 Å². The first kappa shape index (κ1) is 16.8. The fourth-order valence-corrected chi connectivity index (χ4v) is 2.98. The summed E-state index contributed by atoms with van der Waals surface area (Å²) in [5.41, 5.74) is 0.691. The van der Waals surface area contributed by atoms with Gasteiger partial charge in [-0.05, 0) is 18.2 Å². The summed E-state index contributed by atoms with van der Waals surface area (Å²) >= 11 is 0. The number of hydrogen-bond donors (Lipinski definition) is 1. The third kappa shape index (κ3) is 3.03. The van der Waals surface area contributed by atoms with Crippen molar-refractivity contribution < 1.29 is 19.1 Å². The number of aliphatic hydroxyl groups excluding tert-OH is 1. The number of aliphatic hydroxyl groups is 1. The molecule has 1 aliphatic heterocycles. The molecule has 0 aliphatic carbocycles. The maximum absolute atomic E-state index is 14.4. The summed E-state index contributed by atoms with van der Waals surface area (Å²) in [6, 6.07) is 10.2. The SMILES string of the molecule is CCC(=O)C1=C(O)C(=O)N(Cc2ccccn2)C1c1ccccc1F. The van der Waals surface area contributed by atoms with E-state index in [0.29, 0.717) is 5.69 Å². The number of rotatable bonds is 5. The van der Waals surface area contributed by atoms with Gasteiger partial charge in [0.2, 0.25) is 0 Å². The lowest BCUT2D eigenvalue weighted by molar-refractivity contribution is -0.130. The van der Waals surface area contributed by atoms with Gasteiger partial charge in [-0.25, -0.2) is 4.39 Å². The summed E-state index contributed by atoms with van der Waals surface area (Å²) in [4.78, 5) is 30.3. The Bertz CT molecular complexity index is 849. The second-order valence-electron chi connectivity index (χ2n) is 5.72. The summed E-state index contributed by atoms with van der Waals surface area (Å²) in [7, 11) is 0. The van der Waals surface area contributed by atoms with Gasteiger partial charge in [0.05, 0.1) is 23.9 Å². The molecule has 6 heteroatoms. The van der Waals surface area contributed by atoms with Crippen LogP contribution in [-0.4, -0.2) is 26.7 Å². The standard InChI is InChI=1S/C19H17FN2O3/c1-2-15(23)16-17(13-8-3-4-9-14(13)20)22(19(25)18(16)24)11-12-7-5-6-10-21-12/h3-10,17,24H,2,11H2,1H3. The van der Waals surface area contributed by atoms with Gasteiger partial charge in [0, 0.05) is 18.2 Å². The molecule has 1 amide bonds. The van der Waals surface area contributed by atoms with Crippen molar-refractivity contribution >= 4 is 11.7 Å². The molecule has 1 atom stereocenters. The second kappa shape index (κ2) is 6.84. The summed E-state index contributed by atoms with van der Waals surface area (Å²) in [6.45, 7) is 1.69. The fraction of sp³-hybridized carbons (Fsp3) is 0.211. The first-order valence-corrected chi connectivity index (χ1v) is 7.96. The minimum absolute atomic E-state index is 0.0588. The third-order valence-corrected chi connectivity index (χ3v) is 4.18. The Labute approximate surface area is 144 Å². The Kier molecular flexibility index (Phi) is 4.61. The number of carbonyl (C=O) groups is 2. The third-order valence-electron chi connectivity index (χ3n) is 4.18. The quantitative estimate of drug-likeness (QED) is 0.908. The van der Waals surface area contributed by atoms with Gasteiger partial charge in [-0.15, -0.1) is 0 Å². The van der Waals surface area contributed by atoms with Crippen LogP contribution in [0.15, 0.2) is 60.0 Å². The van der Waals surface area contributed by atoms with Crippen LogP contribution < -0.4 is 0 Å². The van der Waals surface area contributed by atoms with Gasteiger partial charge in [0.25, 0.3) is 5.91 Å². The van der Waals surface area contributed by atoms with Crippen LogP contribution in [0, 0.1) is 5.82 Å². The molecule has 5 nitrogen and oxygen atoms in total. The topological polar surface area (TPSA) is 70.5 Å². The fourth-order valence-electron chi connectivity index (χ4n) is 2.98. The van der Waals surface area contributed by atoms with Crippen molar-refractivity contribution in [2.24, 2.45) is 0 Å². The highest BCUT2D eigenvalue weighted by atomic mass is 19.1. The van der Waals surface area contributed by atoms with Gasteiger partial charge >= 0.3 is 0 Å². The van der Waals surface area contributed by atoms with Crippen molar-refractivity contribution in [3.8, 4) is 0 Å². The number of nitrogens with zero attached hydrogens (tertiary/aromatic N) is 2. The number of aromatic nitrogens is 1. The first-order chi connectivity index (χ1) is 12.0. The molecular weight excluding hydrogens is 323 g/mol. The van der Waals surface area contributed by atoms with Crippen molar-refractivity contribution in [3.05, 3.63) is 77.1 Å². The van der Waals surface area contributed by atoms with E-state index in [9.17, 15) is 19.1 Å². The van der Waals surface area contributed by atoms with Crippen LogP contribution in [0.5, 0.6) is 0 Å². The molecule has 128 valence electrons. The molecule has 0 saturated heterocycles. The normalized spacial score (nSPS) is 17.3. The Morgan fingerprint density at radius 2 is 1.96 bits per heavy atom. The van der Waals surface area contributed by atoms with E-state index in [1.54, 1.807) is 37.4 Å². The molecule has 2 aromatic rings. The molecule has 1 N–H and O–H groups in total. The van der Waals surface area contributed by atoms with Crippen LogP contribution in [0.3, 0.4) is 0 Å². The number of amides is 1. The molecule has 0 fully saturated rings. The molecule has 1 aromatic carbocycles. The largest absolute Gasteiger partial charge is 0.503 e. The van der Waals surface area contributed by atoms with E-state index in [1.165, 1.54) is 23.1 Å². The number of benzene rings is 1. The van der Waals surface area contributed by atoms with E-state index < -0.39 is 23.5 Å². The molecule has 1 unspecified atom stereocenters. The number of hydrogen-bond acceptors (Lipinski definition) is 4. The molecule has 1 aromatic heterocycles. The zero-order valence-corrected chi connectivity index (χ0v) is 13.6. The average molecular weight is 340 g/mol. The predicted molar refractivity (Wildman–Crippen MR) is 88.9 cm³/mol. The number of carbonyl (C=O) groups excluding carboxylic acids is 2. The zero-order chi connectivity index (χ0) is 18.0. The summed E-state index contributed by atoms with van der Waals surface area (Å²) in [5, 5.41) is 10.3. The van der Waals surface area contributed by atoms with Crippen LogP contribution in [0.1, 0.15) is 30.6 Å². The smallest absolute Gasteiger partial charge is 0.290 e. The minimum Gasteiger partial charge on any atom is -0.503 e. The van der Waals surface area contributed by atoms with Crippen LogP contribution in [0.2, 0.25) is 0 Å². The van der Waals surface area contributed by atoms with E-state index in [-0.39, 0.29) is 29.9 Å². The number of pyridine rings is 1. The highest BCUT2D eigenvalue weighted by Gasteiger charge is 2.43. The van der Waals surface area contributed by atoms with Gasteiger partial charge in [-0.3, -0.25) is 14.6 Å². The summed E-state index contributed by atoms with van der Waals surface area (Å²) < 4.78 is 14.4. The summed E-state index contributed by atoms with van der Waals surface area (Å²) in [6.07, 6.45) is 1.69. The van der Waals surface area contributed by atoms with Crippen molar-refractivity contribution in [1.82, 2.24) is 9.88 Å². The monoisotopic (exact) mass is 340 g/mol. The van der Waals surface area contributed by atoms with Crippen LogP contribution in [-0.2, 0) is 16.1 Å². The molecule has 2 heterocycles. The summed E-state index contributed by atoms with van der Waals surface area (Å²) in [5.74, 6) is -2.24. The number of Topliss-reactive ketones (excluding diaryl/α,β-unsaturated/α-hetero) is 1. The van der Waals surface area contributed by atoms with E-state index in [0.717, 1.165) is 0 Å². The van der Waals surface area contributed by atoms with Gasteiger partial charge in [-0.1, -0.05) is 31.2 Å². The Morgan fingerprint density at radius 1 is 1.24 bits per heavy atom. The molecule has 0 saturated carbocycles. The molecular formula is C19H17FN2O3. The minimum atomic E-state index is -0.969. The first-order valence-electron chi connectivity index (χ1n) is 7.96. The van der Waals surface area contributed by atoms with E-state index in [2.05, 4.69) is 4.98 Å². The number of halogens is 1. The highest BCUT2D eigenvalue weighted by molar-refractivity contribution is 6.08. The molecule has 1 aliphatic rings. The lowest BCUT2D eigenvalue weighted by Gasteiger charge is -2.26. The van der Waals surface area contributed by atoms with Gasteiger partial charge in [-0.2, -0.15) is 0 Å². The van der Waals surface area contributed by atoms with E-state index in [4.69, 9.17) is 0 Å². The van der Waals surface area contributed by atoms with E-state index >= 15 is 0 Å². The van der Waals surface area contributed by atoms with Crippen LogP contribution >= 0.6 is 0 Å². The Balaban J connectivity index is 2.09. The lowest BCUT2D eigenvalue weighted by atomic mass is 9.94. The number of ketones is 1. The molecule has 0 radical (unpaired) electrons. The average Bonchev–Trinajstić information content (AvgIpc) is 2.87. The van der Waals surface area contributed by atoms with Crippen molar-refractivity contribution in [2.45, 2.75) is 25.9 Å². The molecule has 3 rings (SSSR count). The van der Waals surface area contributed by atoms with Crippen molar-refractivity contribution in [3.63, 3.8) is 0 Å². The van der Waals surface area contributed by atoms with Gasteiger partial charge in [0.1, 0.15) is 5.82 Å². The maximum Gasteiger partial charge on any atom is 0.290 e. The zero-order valence-electron chi connectivity index (χ0n) is 13.6. The van der Waals surface area contributed by atoms with Crippen molar-refractivity contribution in [2.75, 3.05) is 0 Å². The predicted octanol–water partition coefficient (Wildman–Crippen LogP) is 3.10. The Morgan fingerprint density at radius 3 is 2.60 bits per heavy atom. The maximum atomic E-state index is 14.4. The lowest BCUT2D eigenvalue weighted by Crippen LogP contribution is -2.31. The Hall–Kier alpha value is -3.02. The second-order valence-corrected chi connectivity index (χ2v) is 5.72. The van der Waals surface area contributed by atoms with Crippen LogP contribution in [0.4, 0.5) is 4.39 Å². The van der Waals surface area contributed by atoms with Gasteiger partial charge < -0.3 is 10.0 Å². The van der Waals surface area contributed by atoms with Gasteiger partial charge in [0.15, 0.2) is 11.5 Å². The molecule has 25 heavy (non-hydrogen) atoms.